The summed E-state index contributed by atoms with van der Waals surface area (Å²) >= 11 is 0. The van der Waals surface area contributed by atoms with Gasteiger partial charge in [-0.3, -0.25) is 0 Å². The maximum Gasteiger partial charge on any atom is 0.221 e. The van der Waals surface area contributed by atoms with Crippen molar-refractivity contribution in [3.63, 3.8) is 0 Å². The van der Waals surface area contributed by atoms with Gasteiger partial charge < -0.3 is 14.2 Å². The first-order chi connectivity index (χ1) is 10.7. The zero-order valence-electron chi connectivity index (χ0n) is 13.4. The van der Waals surface area contributed by atoms with Crippen LogP contribution in [0, 0.1) is 5.92 Å². The van der Waals surface area contributed by atoms with Crippen molar-refractivity contribution in [2.75, 3.05) is 20.8 Å². The number of fused-ring (bicyclic) bond motifs is 1. The second-order valence-electron chi connectivity index (χ2n) is 5.75. The van der Waals surface area contributed by atoms with E-state index >= 15 is 0 Å². The normalized spacial score (nSPS) is 17.5. The summed E-state index contributed by atoms with van der Waals surface area (Å²) < 4.78 is 17.2. The molecule has 3 rings (SSSR count). The molecule has 0 saturated heterocycles. The fourth-order valence-corrected chi connectivity index (χ4v) is 2.75. The lowest BCUT2D eigenvalue weighted by Crippen LogP contribution is -2.20. The van der Waals surface area contributed by atoms with Gasteiger partial charge in [-0.15, -0.1) is 0 Å². The fourth-order valence-electron chi connectivity index (χ4n) is 2.75. The third-order valence-corrected chi connectivity index (χ3v) is 4.03. The molecule has 0 amide bonds. The molecule has 0 bridgehead atoms. The highest BCUT2D eigenvalue weighted by atomic mass is 16.5. The van der Waals surface area contributed by atoms with Crippen molar-refractivity contribution in [2.24, 2.45) is 10.9 Å². The third-order valence-electron chi connectivity index (χ3n) is 4.03. The van der Waals surface area contributed by atoms with E-state index in [-0.39, 0.29) is 6.10 Å². The summed E-state index contributed by atoms with van der Waals surface area (Å²) in [5.74, 6) is 2.43. The Kier molecular flexibility index (Phi) is 3.92. The maximum absolute atomic E-state index is 6.07. The Hall–Kier alpha value is -2.23. The van der Waals surface area contributed by atoms with Gasteiger partial charge in [0.05, 0.1) is 26.3 Å². The standard InChI is InChI=1S/C18H21NO3/c1-11(2)15-10-19-18(22-15)16-13-8-6-5-7-12(13)9-14(20-3)17(16)21-4/h5-9,11,15H,10H2,1-4H3/t15-/m0/s1. The molecule has 1 aliphatic rings. The van der Waals surface area contributed by atoms with Crippen molar-refractivity contribution in [1.29, 1.82) is 0 Å². The number of hydrogen-bond acceptors (Lipinski definition) is 4. The van der Waals surface area contributed by atoms with Gasteiger partial charge in [0, 0.05) is 0 Å². The van der Waals surface area contributed by atoms with Gasteiger partial charge in [-0.05, 0) is 22.8 Å². The van der Waals surface area contributed by atoms with E-state index in [1.165, 1.54) is 0 Å². The second kappa shape index (κ2) is 5.87. The quantitative estimate of drug-likeness (QED) is 0.865. The number of benzene rings is 2. The lowest BCUT2D eigenvalue weighted by Gasteiger charge is -2.18. The van der Waals surface area contributed by atoms with Crippen LogP contribution < -0.4 is 9.47 Å². The van der Waals surface area contributed by atoms with Crippen LogP contribution in [-0.2, 0) is 4.74 Å². The predicted molar refractivity (Wildman–Crippen MR) is 88.2 cm³/mol. The van der Waals surface area contributed by atoms with Gasteiger partial charge in [-0.1, -0.05) is 38.1 Å². The smallest absolute Gasteiger partial charge is 0.221 e. The first-order valence-electron chi connectivity index (χ1n) is 7.51. The molecule has 22 heavy (non-hydrogen) atoms. The Labute approximate surface area is 130 Å². The second-order valence-corrected chi connectivity index (χ2v) is 5.75. The number of hydrogen-bond donors (Lipinski definition) is 0. The summed E-state index contributed by atoms with van der Waals surface area (Å²) in [5, 5.41) is 2.14. The van der Waals surface area contributed by atoms with Crippen molar-refractivity contribution < 1.29 is 14.2 Å². The molecule has 116 valence electrons. The first kappa shape index (κ1) is 14.7. The van der Waals surface area contributed by atoms with Crippen LogP contribution in [0.5, 0.6) is 11.5 Å². The number of nitrogens with zero attached hydrogens (tertiary/aromatic N) is 1. The summed E-state index contributed by atoms with van der Waals surface area (Å²) in [4.78, 5) is 4.60. The Morgan fingerprint density at radius 2 is 1.95 bits per heavy atom. The lowest BCUT2D eigenvalue weighted by molar-refractivity contribution is 0.171. The van der Waals surface area contributed by atoms with Gasteiger partial charge in [0.15, 0.2) is 11.5 Å². The van der Waals surface area contributed by atoms with E-state index in [1.54, 1.807) is 14.2 Å². The van der Waals surface area contributed by atoms with E-state index in [9.17, 15) is 0 Å². The number of methoxy groups -OCH3 is 2. The van der Waals surface area contributed by atoms with Gasteiger partial charge in [-0.25, -0.2) is 4.99 Å². The monoisotopic (exact) mass is 299 g/mol. The van der Waals surface area contributed by atoms with Crippen LogP contribution in [0.15, 0.2) is 35.3 Å². The minimum atomic E-state index is 0.115. The molecule has 0 radical (unpaired) electrons. The number of aliphatic imine (C=N–C) groups is 1. The molecule has 0 spiro atoms. The Morgan fingerprint density at radius 1 is 1.18 bits per heavy atom. The highest BCUT2D eigenvalue weighted by molar-refractivity contribution is 6.11. The van der Waals surface area contributed by atoms with Crippen LogP contribution in [-0.4, -0.2) is 32.8 Å². The lowest BCUT2D eigenvalue weighted by atomic mass is 10.0. The molecule has 0 unspecified atom stereocenters. The van der Waals surface area contributed by atoms with Gasteiger partial charge in [-0.2, -0.15) is 0 Å². The molecule has 4 nitrogen and oxygen atoms in total. The van der Waals surface area contributed by atoms with E-state index in [2.05, 4.69) is 31.0 Å². The van der Waals surface area contributed by atoms with Crippen molar-refractivity contribution in [3.8, 4) is 11.5 Å². The molecule has 1 heterocycles. The molecule has 0 fully saturated rings. The molecule has 4 heteroatoms. The van der Waals surface area contributed by atoms with Crippen LogP contribution in [0.4, 0.5) is 0 Å². The Bertz CT molecular complexity index is 722. The van der Waals surface area contributed by atoms with Crippen molar-refractivity contribution in [3.05, 3.63) is 35.9 Å². The molecule has 1 atom stereocenters. The highest BCUT2D eigenvalue weighted by Crippen LogP contribution is 2.39. The predicted octanol–water partition coefficient (Wildman–Crippen LogP) is 3.66. The topological polar surface area (TPSA) is 40.0 Å². The van der Waals surface area contributed by atoms with Crippen LogP contribution in [0.1, 0.15) is 19.4 Å². The van der Waals surface area contributed by atoms with Crippen LogP contribution in [0.3, 0.4) is 0 Å². The van der Waals surface area contributed by atoms with Gasteiger partial charge in [0.2, 0.25) is 5.90 Å². The van der Waals surface area contributed by atoms with Gasteiger partial charge in [0.25, 0.3) is 0 Å². The molecule has 0 saturated carbocycles. The van der Waals surface area contributed by atoms with Crippen molar-refractivity contribution >= 4 is 16.7 Å². The Balaban J connectivity index is 2.19. The maximum atomic E-state index is 6.07. The SMILES string of the molecule is COc1cc2ccccc2c(C2=NC[C@@H](C(C)C)O2)c1OC. The van der Waals surface area contributed by atoms with E-state index in [1.807, 2.05) is 18.2 Å². The molecular formula is C18H21NO3. The minimum absolute atomic E-state index is 0.115. The van der Waals surface area contributed by atoms with Crippen molar-refractivity contribution in [2.45, 2.75) is 20.0 Å². The van der Waals surface area contributed by atoms with E-state index in [0.717, 1.165) is 16.3 Å². The van der Waals surface area contributed by atoms with Gasteiger partial charge in [0.1, 0.15) is 6.10 Å². The molecule has 0 aromatic heterocycles. The molecule has 1 aliphatic heterocycles. The van der Waals surface area contributed by atoms with E-state index in [4.69, 9.17) is 14.2 Å². The average Bonchev–Trinajstić information content (AvgIpc) is 3.02. The molecule has 0 aliphatic carbocycles. The van der Waals surface area contributed by atoms with Crippen LogP contribution in [0.25, 0.3) is 10.8 Å². The van der Waals surface area contributed by atoms with Crippen LogP contribution in [0.2, 0.25) is 0 Å². The van der Waals surface area contributed by atoms with E-state index < -0.39 is 0 Å². The fraction of sp³-hybridized carbons (Fsp3) is 0.389. The zero-order chi connectivity index (χ0) is 15.7. The third kappa shape index (κ3) is 2.39. The van der Waals surface area contributed by atoms with Crippen LogP contribution >= 0.6 is 0 Å². The first-order valence-corrected chi connectivity index (χ1v) is 7.51. The van der Waals surface area contributed by atoms with Crippen molar-refractivity contribution in [1.82, 2.24) is 0 Å². The molecule has 2 aromatic carbocycles. The summed E-state index contributed by atoms with van der Waals surface area (Å²) in [6.45, 7) is 4.97. The highest BCUT2D eigenvalue weighted by Gasteiger charge is 2.28. The molecule has 0 N–H and O–H groups in total. The summed E-state index contributed by atoms with van der Waals surface area (Å²) in [5.41, 5.74) is 0.876. The summed E-state index contributed by atoms with van der Waals surface area (Å²) in [6, 6.07) is 10.1. The summed E-state index contributed by atoms with van der Waals surface area (Å²) in [7, 11) is 3.29. The van der Waals surface area contributed by atoms with E-state index in [0.29, 0.717) is 29.9 Å². The largest absolute Gasteiger partial charge is 0.493 e. The van der Waals surface area contributed by atoms with Gasteiger partial charge >= 0.3 is 0 Å². The Morgan fingerprint density at radius 3 is 2.59 bits per heavy atom. The average molecular weight is 299 g/mol. The molecular weight excluding hydrogens is 278 g/mol. The summed E-state index contributed by atoms with van der Waals surface area (Å²) in [6.07, 6.45) is 0.115. The number of ether oxygens (including phenoxy) is 3. The number of rotatable bonds is 4. The molecule has 2 aromatic rings. The minimum Gasteiger partial charge on any atom is -0.493 e. The zero-order valence-corrected chi connectivity index (χ0v) is 13.4.